The largest absolute Gasteiger partial charge is 0.459 e. The molecule has 1 fully saturated rings. The molecule has 0 bridgehead atoms. The van der Waals surface area contributed by atoms with Gasteiger partial charge in [-0.05, 0) is 42.5 Å². The molecule has 0 aliphatic carbocycles. The quantitative estimate of drug-likeness (QED) is 0.474. The molecule has 1 aromatic carbocycles. The number of thiocarbonyl (C=S) groups is 1. The van der Waals surface area contributed by atoms with Crippen molar-refractivity contribution in [3.8, 4) is 0 Å². The van der Waals surface area contributed by atoms with Gasteiger partial charge in [-0.3, -0.25) is 9.97 Å². The summed E-state index contributed by atoms with van der Waals surface area (Å²) in [4.78, 5) is 22.8. The predicted octanol–water partition coefficient (Wildman–Crippen LogP) is 4.23. The average molecular weight is 437 g/mol. The van der Waals surface area contributed by atoms with Crippen molar-refractivity contribution >= 4 is 34.6 Å². The second-order valence-electron chi connectivity index (χ2n) is 7.18. The van der Waals surface area contributed by atoms with Gasteiger partial charge in [0.1, 0.15) is 16.9 Å². The molecule has 0 saturated carbocycles. The predicted molar refractivity (Wildman–Crippen MR) is 121 cm³/mol. The van der Waals surface area contributed by atoms with Crippen LogP contribution in [-0.4, -0.2) is 40.1 Å². The lowest BCUT2D eigenvalue weighted by Gasteiger charge is -2.34. The van der Waals surface area contributed by atoms with Gasteiger partial charge in [0.2, 0.25) is 0 Å². The van der Waals surface area contributed by atoms with Gasteiger partial charge in [-0.1, -0.05) is 12.2 Å². The summed E-state index contributed by atoms with van der Waals surface area (Å²) < 4.78 is 19.6. The van der Waals surface area contributed by atoms with Crippen LogP contribution in [0.25, 0.3) is 0 Å². The zero-order valence-electron chi connectivity index (χ0n) is 16.7. The Morgan fingerprint density at radius 3 is 2.26 bits per heavy atom. The molecule has 0 spiro atoms. The second-order valence-corrected chi connectivity index (χ2v) is 7.59. The SMILES string of the molecule is O=C(OC1CCN(c2ccc(F)cc2NC(=S)c2ccncc2)CC1)c1ccncc1. The van der Waals surface area contributed by atoms with Gasteiger partial charge in [-0.15, -0.1) is 0 Å². The van der Waals surface area contributed by atoms with Gasteiger partial charge in [0.25, 0.3) is 0 Å². The monoisotopic (exact) mass is 436 g/mol. The van der Waals surface area contributed by atoms with Crippen LogP contribution >= 0.6 is 12.2 Å². The topological polar surface area (TPSA) is 67.3 Å². The van der Waals surface area contributed by atoms with E-state index in [9.17, 15) is 9.18 Å². The van der Waals surface area contributed by atoms with Gasteiger partial charge in [0.15, 0.2) is 0 Å². The minimum absolute atomic E-state index is 0.160. The lowest BCUT2D eigenvalue weighted by atomic mass is 10.1. The molecule has 0 atom stereocenters. The van der Waals surface area contributed by atoms with E-state index in [4.69, 9.17) is 17.0 Å². The number of esters is 1. The van der Waals surface area contributed by atoms with Crippen LogP contribution in [0.15, 0.2) is 67.3 Å². The molecule has 2 aromatic heterocycles. The second kappa shape index (κ2) is 9.61. The first-order valence-electron chi connectivity index (χ1n) is 9.97. The molecule has 4 rings (SSSR count). The van der Waals surface area contributed by atoms with E-state index in [0.29, 0.717) is 42.2 Å². The van der Waals surface area contributed by atoms with Crippen molar-refractivity contribution in [2.24, 2.45) is 0 Å². The van der Waals surface area contributed by atoms with Gasteiger partial charge in [-0.2, -0.15) is 0 Å². The Bertz CT molecular complexity index is 1060. The molecule has 158 valence electrons. The number of nitrogens with one attached hydrogen (secondary N) is 1. The fraction of sp³-hybridized carbons (Fsp3) is 0.217. The van der Waals surface area contributed by atoms with Gasteiger partial charge >= 0.3 is 5.97 Å². The van der Waals surface area contributed by atoms with E-state index < -0.39 is 0 Å². The molecule has 3 aromatic rings. The highest BCUT2D eigenvalue weighted by Crippen LogP contribution is 2.30. The summed E-state index contributed by atoms with van der Waals surface area (Å²) >= 11 is 5.48. The maximum absolute atomic E-state index is 14.0. The van der Waals surface area contributed by atoms with E-state index in [0.717, 1.165) is 11.3 Å². The summed E-state index contributed by atoms with van der Waals surface area (Å²) in [5.41, 5.74) is 2.76. The minimum Gasteiger partial charge on any atom is -0.459 e. The van der Waals surface area contributed by atoms with E-state index >= 15 is 0 Å². The molecular weight excluding hydrogens is 415 g/mol. The first-order chi connectivity index (χ1) is 15.1. The highest BCUT2D eigenvalue weighted by atomic mass is 32.1. The smallest absolute Gasteiger partial charge is 0.338 e. The third-order valence-electron chi connectivity index (χ3n) is 5.12. The fourth-order valence-corrected chi connectivity index (χ4v) is 3.75. The summed E-state index contributed by atoms with van der Waals surface area (Å²) in [7, 11) is 0. The average Bonchev–Trinajstić information content (AvgIpc) is 2.81. The number of piperidine rings is 1. The zero-order chi connectivity index (χ0) is 21.6. The van der Waals surface area contributed by atoms with Crippen LogP contribution in [0.2, 0.25) is 0 Å². The lowest BCUT2D eigenvalue weighted by molar-refractivity contribution is 0.0245. The number of benzene rings is 1. The Hall–Kier alpha value is -3.39. The van der Waals surface area contributed by atoms with E-state index in [1.165, 1.54) is 12.1 Å². The first-order valence-corrected chi connectivity index (χ1v) is 10.4. The minimum atomic E-state index is -0.343. The normalized spacial score (nSPS) is 14.2. The number of pyridine rings is 2. The van der Waals surface area contributed by atoms with Crippen LogP contribution in [0.1, 0.15) is 28.8 Å². The maximum Gasteiger partial charge on any atom is 0.338 e. The number of anilines is 2. The van der Waals surface area contributed by atoms with Gasteiger partial charge in [0.05, 0.1) is 16.9 Å². The molecule has 1 aliphatic rings. The number of rotatable bonds is 5. The summed E-state index contributed by atoms with van der Waals surface area (Å²) in [6.45, 7) is 1.35. The zero-order valence-corrected chi connectivity index (χ0v) is 17.5. The molecular formula is C23H21FN4O2S. The third-order valence-corrected chi connectivity index (χ3v) is 5.46. The van der Waals surface area contributed by atoms with E-state index in [-0.39, 0.29) is 17.9 Å². The lowest BCUT2D eigenvalue weighted by Crippen LogP contribution is -2.38. The Morgan fingerprint density at radius 1 is 1.00 bits per heavy atom. The molecule has 31 heavy (non-hydrogen) atoms. The number of halogens is 1. The van der Waals surface area contributed by atoms with Crippen molar-refractivity contribution in [1.82, 2.24) is 9.97 Å². The highest BCUT2D eigenvalue weighted by molar-refractivity contribution is 7.81. The van der Waals surface area contributed by atoms with Crippen molar-refractivity contribution in [3.63, 3.8) is 0 Å². The Morgan fingerprint density at radius 2 is 1.61 bits per heavy atom. The van der Waals surface area contributed by atoms with Gasteiger partial charge in [-0.25, -0.2) is 9.18 Å². The molecule has 6 nitrogen and oxygen atoms in total. The number of aromatic nitrogens is 2. The van der Waals surface area contributed by atoms with Crippen molar-refractivity contribution < 1.29 is 13.9 Å². The number of carbonyl (C=O) groups is 1. The third kappa shape index (κ3) is 5.21. The molecule has 3 heterocycles. The number of nitrogens with zero attached hydrogens (tertiary/aromatic N) is 3. The van der Waals surface area contributed by atoms with E-state index in [1.54, 1.807) is 55.1 Å². The summed E-state index contributed by atoms with van der Waals surface area (Å²) in [5.74, 6) is -0.683. The van der Waals surface area contributed by atoms with E-state index in [1.807, 2.05) is 0 Å². The van der Waals surface area contributed by atoms with Crippen LogP contribution in [0, 0.1) is 5.82 Å². The highest BCUT2D eigenvalue weighted by Gasteiger charge is 2.24. The molecule has 0 unspecified atom stereocenters. The summed E-state index contributed by atoms with van der Waals surface area (Å²) in [6, 6.07) is 11.5. The molecule has 0 amide bonds. The number of carbonyl (C=O) groups excluding carboxylic acids is 1. The number of ether oxygens (including phenoxy) is 1. The Balaban J connectivity index is 1.41. The van der Waals surface area contributed by atoms with Crippen LogP contribution in [0.4, 0.5) is 15.8 Å². The van der Waals surface area contributed by atoms with Crippen LogP contribution in [0.5, 0.6) is 0 Å². The van der Waals surface area contributed by atoms with Gasteiger partial charge < -0.3 is 15.0 Å². The molecule has 1 N–H and O–H groups in total. The molecule has 8 heteroatoms. The van der Waals surface area contributed by atoms with Crippen LogP contribution in [0.3, 0.4) is 0 Å². The molecule has 1 aliphatic heterocycles. The number of hydrogen-bond donors (Lipinski definition) is 1. The van der Waals surface area contributed by atoms with Crippen molar-refractivity contribution in [3.05, 3.63) is 84.2 Å². The van der Waals surface area contributed by atoms with Crippen LogP contribution < -0.4 is 10.2 Å². The first kappa shape index (κ1) is 20.9. The Labute approximate surface area is 185 Å². The summed E-state index contributed by atoms with van der Waals surface area (Å²) in [5, 5.41) is 3.16. The summed E-state index contributed by atoms with van der Waals surface area (Å²) in [6.07, 6.45) is 7.66. The Kier molecular flexibility index (Phi) is 6.47. The molecule has 0 radical (unpaired) electrons. The van der Waals surface area contributed by atoms with Crippen molar-refractivity contribution in [2.45, 2.75) is 18.9 Å². The van der Waals surface area contributed by atoms with Crippen molar-refractivity contribution in [2.75, 3.05) is 23.3 Å². The number of hydrogen-bond acceptors (Lipinski definition) is 6. The standard InChI is InChI=1S/C23H21FN4O2S/c24-18-1-2-21(20(15-18)27-22(31)16-3-9-25-10-4-16)28-13-7-19(8-14-28)30-23(29)17-5-11-26-12-6-17/h1-6,9-12,15,19H,7-8,13-14H2,(H,27,31). The van der Waals surface area contributed by atoms with Crippen LogP contribution in [-0.2, 0) is 4.74 Å². The maximum atomic E-state index is 14.0. The van der Waals surface area contributed by atoms with Gasteiger partial charge in [0, 0.05) is 56.3 Å². The van der Waals surface area contributed by atoms with Crippen molar-refractivity contribution in [1.29, 1.82) is 0 Å². The fourth-order valence-electron chi connectivity index (χ4n) is 3.50. The molecule has 1 saturated heterocycles. The van der Waals surface area contributed by atoms with E-state index in [2.05, 4.69) is 20.2 Å².